The Labute approximate surface area is 161 Å². The molecule has 150 valence electrons. The first-order valence-corrected chi connectivity index (χ1v) is 11.1. The van der Waals surface area contributed by atoms with Crippen LogP contribution in [0, 0.1) is 12.7 Å². The number of hydrogen-bond donors (Lipinski definition) is 0. The number of aryl methyl sites for hydroxylation is 1. The Hall–Kier alpha value is -1.51. The molecule has 2 aliphatic rings. The molecule has 1 amide bonds. The molecule has 0 radical (unpaired) electrons. The summed E-state index contributed by atoms with van der Waals surface area (Å²) in [6.07, 6.45) is 4.48. The van der Waals surface area contributed by atoms with E-state index >= 15 is 0 Å². The van der Waals surface area contributed by atoms with Gasteiger partial charge in [0.15, 0.2) is 0 Å². The lowest BCUT2D eigenvalue weighted by Crippen LogP contribution is -2.51. The van der Waals surface area contributed by atoms with E-state index in [1.165, 1.54) is 29.3 Å². The molecule has 8 heteroatoms. The third kappa shape index (κ3) is 4.86. The second-order valence-corrected chi connectivity index (χ2v) is 9.32. The third-order valence-electron chi connectivity index (χ3n) is 5.43. The Bertz CT molecular complexity index is 768. The van der Waals surface area contributed by atoms with Gasteiger partial charge in [0.1, 0.15) is 5.82 Å². The SMILES string of the molecule is Cc1ccc(S(=O)(=O)N2CCN(CC(=O)N3CCCCCC3)CC2)cc1F. The minimum absolute atomic E-state index is 0.0142. The topological polar surface area (TPSA) is 60.9 Å². The number of piperazine rings is 1. The molecule has 1 aromatic carbocycles. The molecular formula is C19H28FN3O3S. The number of amides is 1. The average Bonchev–Trinajstić information content (AvgIpc) is 2.94. The number of hydrogen-bond acceptors (Lipinski definition) is 4. The average molecular weight is 398 g/mol. The quantitative estimate of drug-likeness (QED) is 0.778. The molecular weight excluding hydrogens is 369 g/mol. The highest BCUT2D eigenvalue weighted by Crippen LogP contribution is 2.20. The summed E-state index contributed by atoms with van der Waals surface area (Å²) in [5.74, 6) is -0.383. The fourth-order valence-electron chi connectivity index (χ4n) is 3.62. The first-order valence-electron chi connectivity index (χ1n) is 9.64. The van der Waals surface area contributed by atoms with Crippen LogP contribution in [0.4, 0.5) is 4.39 Å². The van der Waals surface area contributed by atoms with E-state index in [2.05, 4.69) is 0 Å². The van der Waals surface area contributed by atoms with E-state index in [0.29, 0.717) is 38.3 Å². The van der Waals surface area contributed by atoms with Gasteiger partial charge in [-0.05, 0) is 37.5 Å². The monoisotopic (exact) mass is 397 g/mol. The van der Waals surface area contributed by atoms with Crippen LogP contribution in [0.5, 0.6) is 0 Å². The summed E-state index contributed by atoms with van der Waals surface area (Å²) in [5.41, 5.74) is 0.422. The number of nitrogens with zero attached hydrogens (tertiary/aromatic N) is 3. The van der Waals surface area contributed by atoms with Crippen molar-refractivity contribution in [1.29, 1.82) is 0 Å². The van der Waals surface area contributed by atoms with Crippen LogP contribution in [-0.2, 0) is 14.8 Å². The van der Waals surface area contributed by atoms with E-state index in [1.54, 1.807) is 6.92 Å². The van der Waals surface area contributed by atoms with Gasteiger partial charge in [0.2, 0.25) is 15.9 Å². The van der Waals surface area contributed by atoms with Crippen LogP contribution in [-0.4, -0.2) is 74.2 Å². The second kappa shape index (κ2) is 8.67. The van der Waals surface area contributed by atoms with Crippen LogP contribution >= 0.6 is 0 Å². The summed E-state index contributed by atoms with van der Waals surface area (Å²) >= 11 is 0. The van der Waals surface area contributed by atoms with Gasteiger partial charge in [-0.15, -0.1) is 0 Å². The van der Waals surface area contributed by atoms with Gasteiger partial charge >= 0.3 is 0 Å². The van der Waals surface area contributed by atoms with Crippen molar-refractivity contribution in [2.75, 3.05) is 45.8 Å². The summed E-state index contributed by atoms with van der Waals surface area (Å²) in [6.45, 7) is 5.23. The Morgan fingerprint density at radius 1 is 1.00 bits per heavy atom. The molecule has 2 saturated heterocycles. The normalized spacial score (nSPS) is 20.4. The second-order valence-electron chi connectivity index (χ2n) is 7.39. The number of rotatable bonds is 4. The minimum Gasteiger partial charge on any atom is -0.342 e. The fraction of sp³-hybridized carbons (Fsp3) is 0.632. The van der Waals surface area contributed by atoms with Crippen LogP contribution in [0.15, 0.2) is 23.1 Å². The lowest BCUT2D eigenvalue weighted by atomic mass is 10.2. The van der Waals surface area contributed by atoms with Crippen LogP contribution in [0.1, 0.15) is 31.2 Å². The number of halogens is 1. The Kier molecular flexibility index (Phi) is 6.49. The van der Waals surface area contributed by atoms with Crippen molar-refractivity contribution in [2.24, 2.45) is 0 Å². The molecule has 2 heterocycles. The predicted molar refractivity (Wildman–Crippen MR) is 101 cm³/mol. The van der Waals surface area contributed by atoms with Crippen LogP contribution in [0.3, 0.4) is 0 Å². The molecule has 0 saturated carbocycles. The van der Waals surface area contributed by atoms with Crippen molar-refractivity contribution in [3.8, 4) is 0 Å². The van der Waals surface area contributed by atoms with E-state index in [0.717, 1.165) is 32.0 Å². The molecule has 0 atom stereocenters. The number of carbonyl (C=O) groups excluding carboxylic acids is 1. The fourth-order valence-corrected chi connectivity index (χ4v) is 5.06. The highest BCUT2D eigenvalue weighted by molar-refractivity contribution is 7.89. The molecule has 2 aliphatic heterocycles. The molecule has 0 unspecified atom stereocenters. The van der Waals surface area contributed by atoms with E-state index < -0.39 is 15.8 Å². The number of carbonyl (C=O) groups is 1. The predicted octanol–water partition coefficient (Wildman–Crippen LogP) is 1.84. The van der Waals surface area contributed by atoms with Gasteiger partial charge in [0, 0.05) is 39.3 Å². The molecule has 0 bridgehead atoms. The summed E-state index contributed by atoms with van der Waals surface area (Å²) in [4.78, 5) is 16.4. The number of likely N-dealkylation sites (tertiary alicyclic amines) is 1. The van der Waals surface area contributed by atoms with Crippen molar-refractivity contribution in [3.63, 3.8) is 0 Å². The Morgan fingerprint density at radius 3 is 2.22 bits per heavy atom. The largest absolute Gasteiger partial charge is 0.342 e. The summed E-state index contributed by atoms with van der Waals surface area (Å²) in [5, 5.41) is 0. The van der Waals surface area contributed by atoms with Gasteiger partial charge < -0.3 is 4.90 Å². The molecule has 0 spiro atoms. The third-order valence-corrected chi connectivity index (χ3v) is 7.32. The molecule has 2 fully saturated rings. The first kappa shape index (κ1) is 20.2. The maximum Gasteiger partial charge on any atom is 0.243 e. The van der Waals surface area contributed by atoms with Crippen LogP contribution in [0.2, 0.25) is 0 Å². The lowest BCUT2D eigenvalue weighted by Gasteiger charge is -2.34. The number of sulfonamides is 1. The minimum atomic E-state index is -3.71. The zero-order valence-electron chi connectivity index (χ0n) is 15.9. The van der Waals surface area contributed by atoms with Crippen molar-refractivity contribution >= 4 is 15.9 Å². The van der Waals surface area contributed by atoms with Crippen molar-refractivity contribution in [1.82, 2.24) is 14.1 Å². The van der Waals surface area contributed by atoms with Crippen molar-refractivity contribution in [3.05, 3.63) is 29.6 Å². The molecule has 0 aliphatic carbocycles. The maximum absolute atomic E-state index is 13.8. The lowest BCUT2D eigenvalue weighted by molar-refractivity contribution is -0.132. The highest BCUT2D eigenvalue weighted by atomic mass is 32.2. The Morgan fingerprint density at radius 2 is 1.63 bits per heavy atom. The molecule has 1 aromatic rings. The van der Waals surface area contributed by atoms with Crippen LogP contribution in [0.25, 0.3) is 0 Å². The van der Waals surface area contributed by atoms with Gasteiger partial charge in [-0.25, -0.2) is 12.8 Å². The Balaban J connectivity index is 1.56. The van der Waals surface area contributed by atoms with Gasteiger partial charge in [-0.2, -0.15) is 4.31 Å². The van der Waals surface area contributed by atoms with E-state index in [1.807, 2.05) is 9.80 Å². The van der Waals surface area contributed by atoms with Crippen molar-refractivity contribution < 1.29 is 17.6 Å². The van der Waals surface area contributed by atoms with E-state index in [9.17, 15) is 17.6 Å². The molecule has 3 rings (SSSR count). The van der Waals surface area contributed by atoms with Crippen LogP contribution < -0.4 is 0 Å². The maximum atomic E-state index is 13.8. The summed E-state index contributed by atoms with van der Waals surface area (Å²) in [7, 11) is -3.71. The molecule has 0 N–H and O–H groups in total. The van der Waals surface area contributed by atoms with Gasteiger partial charge in [0.25, 0.3) is 0 Å². The molecule has 27 heavy (non-hydrogen) atoms. The number of benzene rings is 1. The standard InChI is InChI=1S/C19H28FN3O3S/c1-16-6-7-17(14-18(16)20)27(25,26)23-12-10-21(11-13-23)15-19(24)22-8-4-2-3-5-9-22/h6-7,14H,2-5,8-13,15H2,1H3. The van der Waals surface area contributed by atoms with Gasteiger partial charge in [-0.3, -0.25) is 9.69 Å². The zero-order chi connectivity index (χ0) is 19.4. The molecule has 6 nitrogen and oxygen atoms in total. The summed E-state index contributed by atoms with van der Waals surface area (Å²) < 4.78 is 40.6. The van der Waals surface area contributed by atoms with E-state index in [-0.39, 0.29) is 10.8 Å². The summed E-state index contributed by atoms with van der Waals surface area (Å²) in [6, 6.07) is 4.02. The van der Waals surface area contributed by atoms with Gasteiger partial charge in [-0.1, -0.05) is 18.9 Å². The smallest absolute Gasteiger partial charge is 0.243 e. The van der Waals surface area contributed by atoms with E-state index in [4.69, 9.17) is 0 Å². The zero-order valence-corrected chi connectivity index (χ0v) is 16.7. The first-order chi connectivity index (χ1) is 12.9. The van der Waals surface area contributed by atoms with Gasteiger partial charge in [0.05, 0.1) is 11.4 Å². The molecule has 0 aromatic heterocycles. The highest BCUT2D eigenvalue weighted by Gasteiger charge is 2.30. The van der Waals surface area contributed by atoms with Crippen molar-refractivity contribution in [2.45, 2.75) is 37.5 Å².